The van der Waals surface area contributed by atoms with Crippen LogP contribution in [0.2, 0.25) is 5.15 Å². The second-order valence-corrected chi connectivity index (χ2v) is 7.48. The molecule has 0 radical (unpaired) electrons. The van der Waals surface area contributed by atoms with E-state index in [1.165, 1.54) is 15.7 Å². The lowest BCUT2D eigenvalue weighted by molar-refractivity contribution is 0.597. The Morgan fingerprint density at radius 1 is 1.32 bits per heavy atom. The standard InChI is InChI=1S/C13H9ClN4O2S2/c14-11-12(18-5-6-21-13(18)16-11)22(19,20)17-9-1-2-10-8(7-9)3-4-15-10/h1-7,15,17H. The minimum Gasteiger partial charge on any atom is -0.361 e. The molecule has 4 rings (SSSR count). The van der Waals surface area contributed by atoms with E-state index in [1.807, 2.05) is 12.1 Å². The topological polar surface area (TPSA) is 79.3 Å². The summed E-state index contributed by atoms with van der Waals surface area (Å²) in [5, 5.41) is 2.57. The highest BCUT2D eigenvalue weighted by Crippen LogP contribution is 2.28. The second kappa shape index (κ2) is 4.73. The fourth-order valence-electron chi connectivity index (χ4n) is 2.30. The van der Waals surface area contributed by atoms with E-state index in [-0.39, 0.29) is 10.2 Å². The zero-order valence-corrected chi connectivity index (χ0v) is 13.3. The zero-order chi connectivity index (χ0) is 15.3. The third-order valence-corrected chi connectivity index (χ3v) is 5.77. The number of nitrogens with zero attached hydrogens (tertiary/aromatic N) is 2. The summed E-state index contributed by atoms with van der Waals surface area (Å²) in [6, 6.07) is 7.13. The second-order valence-electron chi connectivity index (χ2n) is 4.65. The van der Waals surface area contributed by atoms with Crippen LogP contribution in [0.3, 0.4) is 0 Å². The van der Waals surface area contributed by atoms with Gasteiger partial charge in [0.05, 0.1) is 0 Å². The van der Waals surface area contributed by atoms with Crippen molar-refractivity contribution in [3.05, 3.63) is 47.2 Å². The van der Waals surface area contributed by atoms with Crippen molar-refractivity contribution in [1.82, 2.24) is 14.4 Å². The van der Waals surface area contributed by atoms with Crippen molar-refractivity contribution in [1.29, 1.82) is 0 Å². The molecule has 0 fully saturated rings. The molecule has 0 aliphatic carbocycles. The van der Waals surface area contributed by atoms with E-state index in [2.05, 4.69) is 14.7 Å². The Morgan fingerprint density at radius 2 is 2.18 bits per heavy atom. The van der Waals surface area contributed by atoms with Crippen molar-refractivity contribution in [2.24, 2.45) is 0 Å². The molecule has 0 saturated heterocycles. The summed E-state index contributed by atoms with van der Waals surface area (Å²) in [4.78, 5) is 7.64. The number of hydrogen-bond donors (Lipinski definition) is 2. The number of halogens is 1. The van der Waals surface area contributed by atoms with Crippen LogP contribution in [0.5, 0.6) is 0 Å². The molecule has 0 atom stereocenters. The first kappa shape index (κ1) is 13.6. The molecule has 112 valence electrons. The smallest absolute Gasteiger partial charge is 0.281 e. The lowest BCUT2D eigenvalue weighted by Gasteiger charge is -2.07. The fourth-order valence-corrected chi connectivity index (χ4v) is 4.80. The molecule has 0 saturated carbocycles. The minimum absolute atomic E-state index is 0.0397. The molecule has 0 amide bonds. The lowest BCUT2D eigenvalue weighted by Crippen LogP contribution is -2.15. The monoisotopic (exact) mass is 352 g/mol. The zero-order valence-electron chi connectivity index (χ0n) is 10.9. The van der Waals surface area contributed by atoms with Gasteiger partial charge in [0.25, 0.3) is 10.0 Å². The average Bonchev–Trinajstić information content (AvgIpc) is 3.11. The number of anilines is 1. The van der Waals surface area contributed by atoms with Crippen molar-refractivity contribution in [2.45, 2.75) is 5.03 Å². The number of imidazole rings is 1. The van der Waals surface area contributed by atoms with Gasteiger partial charge >= 0.3 is 0 Å². The van der Waals surface area contributed by atoms with Gasteiger partial charge in [-0.2, -0.15) is 8.42 Å². The highest BCUT2D eigenvalue weighted by molar-refractivity contribution is 7.92. The van der Waals surface area contributed by atoms with E-state index in [0.29, 0.717) is 10.6 Å². The van der Waals surface area contributed by atoms with E-state index < -0.39 is 10.0 Å². The first-order valence-electron chi connectivity index (χ1n) is 6.26. The summed E-state index contributed by atoms with van der Waals surface area (Å²) in [6.07, 6.45) is 3.43. The van der Waals surface area contributed by atoms with E-state index in [4.69, 9.17) is 11.6 Å². The molecule has 4 aromatic rings. The molecule has 3 aromatic heterocycles. The molecule has 0 aliphatic heterocycles. The summed E-state index contributed by atoms with van der Waals surface area (Å²) in [5.74, 6) is 0. The average molecular weight is 353 g/mol. The molecule has 6 nitrogen and oxygen atoms in total. The van der Waals surface area contributed by atoms with E-state index in [0.717, 1.165) is 10.9 Å². The van der Waals surface area contributed by atoms with Gasteiger partial charge in [-0.1, -0.05) is 11.6 Å². The predicted molar refractivity (Wildman–Crippen MR) is 87.2 cm³/mol. The molecule has 9 heteroatoms. The number of sulfonamides is 1. The van der Waals surface area contributed by atoms with Gasteiger partial charge < -0.3 is 4.98 Å². The van der Waals surface area contributed by atoms with E-state index in [1.54, 1.807) is 29.9 Å². The highest BCUT2D eigenvalue weighted by Gasteiger charge is 2.25. The molecular formula is C13H9ClN4O2S2. The van der Waals surface area contributed by atoms with Gasteiger partial charge in [0.2, 0.25) is 0 Å². The summed E-state index contributed by atoms with van der Waals surface area (Å²) in [7, 11) is -3.83. The number of aromatic nitrogens is 3. The first-order valence-corrected chi connectivity index (χ1v) is 9.00. The Bertz CT molecular complexity index is 1090. The molecular weight excluding hydrogens is 344 g/mol. The molecule has 3 heterocycles. The van der Waals surface area contributed by atoms with Crippen molar-refractivity contribution >= 4 is 54.5 Å². The fraction of sp³-hybridized carbons (Fsp3) is 0. The van der Waals surface area contributed by atoms with Crippen LogP contribution in [0.15, 0.2) is 47.1 Å². The van der Waals surface area contributed by atoms with Gasteiger partial charge in [0, 0.05) is 34.4 Å². The number of aromatic amines is 1. The van der Waals surface area contributed by atoms with Crippen LogP contribution in [0.4, 0.5) is 5.69 Å². The largest absolute Gasteiger partial charge is 0.361 e. The van der Waals surface area contributed by atoms with Crippen LogP contribution in [-0.4, -0.2) is 22.8 Å². The number of hydrogen-bond acceptors (Lipinski definition) is 4. The SMILES string of the molecule is O=S(=O)(Nc1ccc2[nH]ccc2c1)c1c(Cl)nc2sccn12. The van der Waals surface area contributed by atoms with Crippen LogP contribution in [0, 0.1) is 0 Å². The van der Waals surface area contributed by atoms with Gasteiger partial charge in [0.15, 0.2) is 15.1 Å². The van der Waals surface area contributed by atoms with Gasteiger partial charge in [-0.25, -0.2) is 4.98 Å². The maximum absolute atomic E-state index is 12.6. The molecule has 0 spiro atoms. The first-order chi connectivity index (χ1) is 10.5. The van der Waals surface area contributed by atoms with Crippen LogP contribution < -0.4 is 4.72 Å². The lowest BCUT2D eigenvalue weighted by atomic mass is 10.2. The van der Waals surface area contributed by atoms with Gasteiger partial charge in [0.1, 0.15) is 0 Å². The summed E-state index contributed by atoms with van der Waals surface area (Å²) < 4.78 is 29.2. The van der Waals surface area contributed by atoms with Gasteiger partial charge in [-0.05, 0) is 24.3 Å². The molecule has 0 aliphatic rings. The molecule has 0 bridgehead atoms. The third-order valence-electron chi connectivity index (χ3n) is 3.24. The Labute approximate surface area is 134 Å². The van der Waals surface area contributed by atoms with Gasteiger partial charge in [-0.15, -0.1) is 11.3 Å². The number of benzene rings is 1. The summed E-state index contributed by atoms with van der Waals surface area (Å²) in [5.41, 5.74) is 1.40. The van der Waals surface area contributed by atoms with Gasteiger partial charge in [-0.3, -0.25) is 9.12 Å². The Hall–Kier alpha value is -2.03. The number of thiazole rings is 1. The van der Waals surface area contributed by atoms with Crippen LogP contribution >= 0.6 is 22.9 Å². The van der Waals surface area contributed by atoms with Crippen LogP contribution in [0.1, 0.15) is 0 Å². The van der Waals surface area contributed by atoms with Crippen molar-refractivity contribution in [3.63, 3.8) is 0 Å². The Morgan fingerprint density at radius 3 is 3.05 bits per heavy atom. The maximum atomic E-state index is 12.6. The van der Waals surface area contributed by atoms with Crippen molar-refractivity contribution < 1.29 is 8.42 Å². The summed E-state index contributed by atoms with van der Waals surface area (Å²) in [6.45, 7) is 0. The maximum Gasteiger partial charge on any atom is 0.281 e. The minimum atomic E-state index is -3.83. The highest BCUT2D eigenvalue weighted by atomic mass is 35.5. The third kappa shape index (κ3) is 2.07. The normalized spacial score (nSPS) is 12.2. The number of fused-ring (bicyclic) bond motifs is 2. The molecule has 2 N–H and O–H groups in total. The predicted octanol–water partition coefficient (Wildman–Crippen LogP) is 3.33. The molecule has 0 unspecified atom stereocenters. The number of nitrogens with one attached hydrogen (secondary N) is 2. The number of rotatable bonds is 3. The van der Waals surface area contributed by atoms with E-state index in [9.17, 15) is 8.42 Å². The molecule has 22 heavy (non-hydrogen) atoms. The Kier molecular flexibility index (Phi) is 2.93. The molecule has 1 aromatic carbocycles. The quantitative estimate of drug-likeness (QED) is 0.593. The van der Waals surface area contributed by atoms with E-state index >= 15 is 0 Å². The van der Waals surface area contributed by atoms with Crippen molar-refractivity contribution in [2.75, 3.05) is 4.72 Å². The summed E-state index contributed by atoms with van der Waals surface area (Å²) >= 11 is 7.31. The van der Waals surface area contributed by atoms with Crippen LogP contribution in [0.25, 0.3) is 15.9 Å². The number of H-pyrrole nitrogens is 1. The Balaban J connectivity index is 1.80. The van der Waals surface area contributed by atoms with Crippen LogP contribution in [-0.2, 0) is 10.0 Å². The van der Waals surface area contributed by atoms with Crippen molar-refractivity contribution in [3.8, 4) is 0 Å².